The second kappa shape index (κ2) is 8.91. The Morgan fingerprint density at radius 1 is 1.18 bits per heavy atom. The zero-order chi connectivity index (χ0) is 15.8. The number of benzene rings is 1. The molecule has 0 aliphatic carbocycles. The van der Waals surface area contributed by atoms with Crippen LogP contribution in [-0.4, -0.2) is 54.5 Å². The third-order valence-electron chi connectivity index (χ3n) is 4.55. The predicted octanol–water partition coefficient (Wildman–Crippen LogP) is 1.89. The number of nitrogens with zero attached hydrogens (tertiary/aromatic N) is 2. The first-order valence-electron chi connectivity index (χ1n) is 8.53. The van der Waals surface area contributed by atoms with Gasteiger partial charge in [0.25, 0.3) is 0 Å². The Labute approximate surface area is 134 Å². The van der Waals surface area contributed by atoms with Crippen LogP contribution in [0.1, 0.15) is 31.7 Å². The van der Waals surface area contributed by atoms with E-state index in [0.29, 0.717) is 12.5 Å². The largest absolute Gasteiger partial charge is 0.340 e. The summed E-state index contributed by atoms with van der Waals surface area (Å²) in [6.45, 7) is 6.48. The fraction of sp³-hybridized carbons (Fsp3) is 0.611. The monoisotopic (exact) mass is 303 g/mol. The van der Waals surface area contributed by atoms with E-state index in [1.807, 2.05) is 11.0 Å². The topological polar surface area (TPSA) is 49.6 Å². The standard InChI is InChI=1S/C18H29N3O/c1-2-20-14-15-21(13-11-16-8-4-3-5-9-16)18(22)17(20)10-6-7-12-19/h3-5,8-9,17H,2,6-7,10-15,19H2,1H3/t17-/m0/s1. The molecule has 1 fully saturated rings. The third kappa shape index (κ3) is 4.55. The summed E-state index contributed by atoms with van der Waals surface area (Å²) in [6.07, 6.45) is 3.92. The van der Waals surface area contributed by atoms with E-state index in [0.717, 1.165) is 51.9 Å². The number of hydrogen-bond acceptors (Lipinski definition) is 3. The highest BCUT2D eigenvalue weighted by atomic mass is 16.2. The first-order valence-corrected chi connectivity index (χ1v) is 8.53. The Bertz CT molecular complexity index is 449. The summed E-state index contributed by atoms with van der Waals surface area (Å²) in [5.41, 5.74) is 6.88. The molecule has 2 rings (SSSR count). The average molecular weight is 303 g/mol. The van der Waals surface area contributed by atoms with Crippen molar-refractivity contribution in [1.82, 2.24) is 9.80 Å². The number of amides is 1. The van der Waals surface area contributed by atoms with Gasteiger partial charge in [-0.25, -0.2) is 0 Å². The lowest BCUT2D eigenvalue weighted by Gasteiger charge is -2.40. The minimum Gasteiger partial charge on any atom is -0.340 e. The van der Waals surface area contributed by atoms with Crippen molar-refractivity contribution in [3.05, 3.63) is 35.9 Å². The molecule has 22 heavy (non-hydrogen) atoms. The zero-order valence-electron chi connectivity index (χ0n) is 13.7. The molecule has 1 aromatic carbocycles. The first kappa shape index (κ1) is 17.0. The van der Waals surface area contributed by atoms with E-state index >= 15 is 0 Å². The van der Waals surface area contributed by atoms with Gasteiger partial charge in [-0.3, -0.25) is 9.69 Å². The van der Waals surface area contributed by atoms with Crippen LogP contribution in [0.3, 0.4) is 0 Å². The van der Waals surface area contributed by atoms with Crippen LogP contribution in [0.25, 0.3) is 0 Å². The number of piperazine rings is 1. The lowest BCUT2D eigenvalue weighted by Crippen LogP contribution is -2.57. The molecule has 2 N–H and O–H groups in total. The molecule has 1 aromatic rings. The predicted molar refractivity (Wildman–Crippen MR) is 90.7 cm³/mol. The van der Waals surface area contributed by atoms with Crippen LogP contribution in [0.5, 0.6) is 0 Å². The Morgan fingerprint density at radius 3 is 2.64 bits per heavy atom. The van der Waals surface area contributed by atoms with Gasteiger partial charge in [-0.15, -0.1) is 0 Å². The Hall–Kier alpha value is -1.39. The maximum atomic E-state index is 12.8. The highest BCUT2D eigenvalue weighted by molar-refractivity contribution is 5.82. The van der Waals surface area contributed by atoms with E-state index in [9.17, 15) is 4.79 Å². The molecule has 0 radical (unpaired) electrons. The highest BCUT2D eigenvalue weighted by Crippen LogP contribution is 2.17. The van der Waals surface area contributed by atoms with Crippen LogP contribution in [0, 0.1) is 0 Å². The van der Waals surface area contributed by atoms with Crippen molar-refractivity contribution in [2.24, 2.45) is 5.73 Å². The van der Waals surface area contributed by atoms with E-state index in [-0.39, 0.29) is 6.04 Å². The lowest BCUT2D eigenvalue weighted by atomic mass is 10.0. The van der Waals surface area contributed by atoms with E-state index < -0.39 is 0 Å². The zero-order valence-corrected chi connectivity index (χ0v) is 13.7. The van der Waals surface area contributed by atoms with Crippen molar-refractivity contribution in [1.29, 1.82) is 0 Å². The number of rotatable bonds is 8. The van der Waals surface area contributed by atoms with Crippen LogP contribution >= 0.6 is 0 Å². The third-order valence-corrected chi connectivity index (χ3v) is 4.55. The van der Waals surface area contributed by atoms with Gasteiger partial charge in [-0.05, 0) is 37.9 Å². The summed E-state index contributed by atoms with van der Waals surface area (Å²) in [6, 6.07) is 10.5. The average Bonchev–Trinajstić information content (AvgIpc) is 2.56. The van der Waals surface area contributed by atoms with Crippen molar-refractivity contribution in [3.63, 3.8) is 0 Å². The van der Waals surface area contributed by atoms with Crippen LogP contribution in [-0.2, 0) is 11.2 Å². The molecule has 1 heterocycles. The molecule has 1 atom stereocenters. The molecule has 1 aliphatic rings. The maximum Gasteiger partial charge on any atom is 0.239 e. The van der Waals surface area contributed by atoms with Crippen LogP contribution < -0.4 is 5.73 Å². The number of likely N-dealkylation sites (N-methyl/N-ethyl adjacent to an activating group) is 1. The second-order valence-corrected chi connectivity index (χ2v) is 5.99. The Balaban J connectivity index is 1.90. The summed E-state index contributed by atoms with van der Waals surface area (Å²) >= 11 is 0. The molecule has 1 amide bonds. The van der Waals surface area contributed by atoms with Crippen molar-refractivity contribution >= 4 is 5.91 Å². The van der Waals surface area contributed by atoms with Gasteiger partial charge < -0.3 is 10.6 Å². The summed E-state index contributed by atoms with van der Waals surface area (Å²) < 4.78 is 0. The van der Waals surface area contributed by atoms with Crippen LogP contribution in [0.2, 0.25) is 0 Å². The Morgan fingerprint density at radius 2 is 1.95 bits per heavy atom. The lowest BCUT2D eigenvalue weighted by molar-refractivity contribution is -0.142. The van der Waals surface area contributed by atoms with Crippen LogP contribution in [0.15, 0.2) is 30.3 Å². The molecule has 4 nitrogen and oxygen atoms in total. The molecule has 4 heteroatoms. The molecule has 0 spiro atoms. The quantitative estimate of drug-likeness (QED) is 0.746. The van der Waals surface area contributed by atoms with E-state index in [1.165, 1.54) is 5.56 Å². The number of nitrogens with two attached hydrogens (primary N) is 1. The van der Waals surface area contributed by atoms with Gasteiger partial charge >= 0.3 is 0 Å². The van der Waals surface area contributed by atoms with Gasteiger partial charge in [0.05, 0.1) is 6.04 Å². The number of carbonyl (C=O) groups excluding carboxylic acids is 1. The number of hydrogen-bond donors (Lipinski definition) is 1. The van der Waals surface area contributed by atoms with Crippen molar-refractivity contribution in [2.45, 2.75) is 38.6 Å². The summed E-state index contributed by atoms with van der Waals surface area (Å²) in [7, 11) is 0. The minimum absolute atomic E-state index is 0.0565. The summed E-state index contributed by atoms with van der Waals surface area (Å²) in [5, 5.41) is 0. The van der Waals surface area contributed by atoms with Crippen molar-refractivity contribution in [2.75, 3.05) is 32.7 Å². The number of carbonyl (C=O) groups is 1. The van der Waals surface area contributed by atoms with Crippen molar-refractivity contribution in [3.8, 4) is 0 Å². The van der Waals surface area contributed by atoms with E-state index in [4.69, 9.17) is 5.73 Å². The smallest absolute Gasteiger partial charge is 0.239 e. The molecule has 0 aromatic heterocycles. The highest BCUT2D eigenvalue weighted by Gasteiger charge is 2.32. The Kier molecular flexibility index (Phi) is 6.87. The van der Waals surface area contributed by atoms with Gasteiger partial charge in [-0.2, -0.15) is 0 Å². The van der Waals surface area contributed by atoms with Gasteiger partial charge in [0.15, 0.2) is 0 Å². The molecular weight excluding hydrogens is 274 g/mol. The van der Waals surface area contributed by atoms with Gasteiger partial charge in [0.2, 0.25) is 5.91 Å². The normalized spacial score (nSPS) is 19.6. The molecule has 1 saturated heterocycles. The molecule has 122 valence electrons. The van der Waals surface area contributed by atoms with E-state index in [1.54, 1.807) is 0 Å². The van der Waals surface area contributed by atoms with Gasteiger partial charge in [0, 0.05) is 19.6 Å². The molecule has 0 saturated carbocycles. The molecule has 0 bridgehead atoms. The van der Waals surface area contributed by atoms with Crippen molar-refractivity contribution < 1.29 is 4.79 Å². The first-order chi connectivity index (χ1) is 10.8. The van der Waals surface area contributed by atoms with E-state index in [2.05, 4.69) is 36.1 Å². The summed E-state index contributed by atoms with van der Waals surface area (Å²) in [4.78, 5) is 17.1. The number of unbranched alkanes of at least 4 members (excludes halogenated alkanes) is 1. The fourth-order valence-corrected chi connectivity index (χ4v) is 3.18. The fourth-order valence-electron chi connectivity index (χ4n) is 3.18. The van der Waals surface area contributed by atoms with Gasteiger partial charge in [-0.1, -0.05) is 43.7 Å². The molecule has 1 aliphatic heterocycles. The molecule has 0 unspecified atom stereocenters. The minimum atomic E-state index is 0.0565. The molecular formula is C18H29N3O. The second-order valence-electron chi connectivity index (χ2n) is 5.99. The SMILES string of the molecule is CCN1CCN(CCc2ccccc2)C(=O)[C@@H]1CCCCN. The summed E-state index contributed by atoms with van der Waals surface area (Å²) in [5.74, 6) is 0.307. The maximum absolute atomic E-state index is 12.8. The van der Waals surface area contributed by atoms with Gasteiger partial charge in [0.1, 0.15) is 0 Å². The van der Waals surface area contributed by atoms with Crippen LogP contribution in [0.4, 0.5) is 0 Å².